The monoisotopic (exact) mass is 250 g/mol. The number of halogens is 2. The van der Waals surface area contributed by atoms with Crippen LogP contribution < -0.4 is 10.5 Å². The Morgan fingerprint density at radius 2 is 2.06 bits per heavy atom. The molecule has 1 aromatic heterocycles. The zero-order chi connectivity index (χ0) is 13.1. The highest BCUT2D eigenvalue weighted by atomic mass is 19.1. The summed E-state index contributed by atoms with van der Waals surface area (Å²) in [5.41, 5.74) is 7.21. The highest BCUT2D eigenvalue weighted by molar-refractivity contribution is 5.55. The highest BCUT2D eigenvalue weighted by Gasteiger charge is 2.10. The molecule has 5 heteroatoms. The number of hydrogen-bond donors (Lipinski definition) is 1. The number of rotatable bonds is 3. The predicted molar refractivity (Wildman–Crippen MR) is 64.5 cm³/mol. The van der Waals surface area contributed by atoms with Gasteiger partial charge in [-0.05, 0) is 24.1 Å². The topological polar surface area (TPSA) is 48.1 Å². The van der Waals surface area contributed by atoms with Crippen molar-refractivity contribution < 1.29 is 13.5 Å². The first-order valence-corrected chi connectivity index (χ1v) is 5.47. The van der Waals surface area contributed by atoms with E-state index in [0.717, 1.165) is 18.2 Å². The van der Waals surface area contributed by atoms with Gasteiger partial charge in [0.05, 0.1) is 11.9 Å². The van der Waals surface area contributed by atoms with Crippen molar-refractivity contribution in [2.75, 3.05) is 5.73 Å². The van der Waals surface area contributed by atoms with Crippen molar-refractivity contribution in [3.63, 3.8) is 0 Å². The van der Waals surface area contributed by atoms with E-state index in [-0.39, 0.29) is 5.88 Å². The number of nitrogens with zero attached hydrogens (tertiary/aromatic N) is 1. The Morgan fingerprint density at radius 1 is 1.28 bits per heavy atom. The van der Waals surface area contributed by atoms with Gasteiger partial charge in [-0.3, -0.25) is 0 Å². The van der Waals surface area contributed by atoms with Crippen molar-refractivity contribution in [3.8, 4) is 11.6 Å². The maximum Gasteiger partial charge on any atom is 0.256 e. The Labute approximate surface area is 103 Å². The van der Waals surface area contributed by atoms with Gasteiger partial charge in [0, 0.05) is 6.07 Å². The van der Waals surface area contributed by atoms with Crippen molar-refractivity contribution in [2.45, 2.75) is 13.3 Å². The zero-order valence-electron chi connectivity index (χ0n) is 9.78. The lowest BCUT2D eigenvalue weighted by Gasteiger charge is -2.09. The van der Waals surface area contributed by atoms with Crippen LogP contribution in [0.5, 0.6) is 11.6 Å². The molecule has 0 saturated carbocycles. The third kappa shape index (κ3) is 2.56. The molecule has 1 heterocycles. The van der Waals surface area contributed by atoms with Crippen LogP contribution in [0.15, 0.2) is 30.5 Å². The van der Waals surface area contributed by atoms with Crippen molar-refractivity contribution in [1.82, 2.24) is 4.98 Å². The molecule has 2 N–H and O–H groups in total. The van der Waals surface area contributed by atoms with E-state index < -0.39 is 11.6 Å². The van der Waals surface area contributed by atoms with Gasteiger partial charge in [-0.25, -0.2) is 13.8 Å². The van der Waals surface area contributed by atoms with Crippen LogP contribution in [0.1, 0.15) is 12.5 Å². The molecule has 0 aliphatic carbocycles. The van der Waals surface area contributed by atoms with Crippen LogP contribution in [0.25, 0.3) is 0 Å². The van der Waals surface area contributed by atoms with Gasteiger partial charge in [-0.1, -0.05) is 13.0 Å². The lowest BCUT2D eigenvalue weighted by atomic mass is 10.1. The van der Waals surface area contributed by atoms with Gasteiger partial charge in [0.15, 0.2) is 11.6 Å². The predicted octanol–water partition coefficient (Wildman–Crippen LogP) is 3.30. The maximum atomic E-state index is 13.3. The van der Waals surface area contributed by atoms with E-state index in [1.807, 2.05) is 13.0 Å². The van der Waals surface area contributed by atoms with Crippen LogP contribution in [0, 0.1) is 11.6 Å². The summed E-state index contributed by atoms with van der Waals surface area (Å²) in [6.07, 6.45) is 1.72. The quantitative estimate of drug-likeness (QED) is 0.850. The first-order chi connectivity index (χ1) is 8.60. The average molecular weight is 250 g/mol. The Balaban J connectivity index is 2.28. The molecule has 2 aromatic rings. The minimum absolute atomic E-state index is 0.296. The number of nitrogens with two attached hydrogens (primary N) is 1. The van der Waals surface area contributed by atoms with Gasteiger partial charge in [0.25, 0.3) is 5.88 Å². The molecule has 0 saturated heterocycles. The average Bonchev–Trinajstić information content (AvgIpc) is 2.34. The summed E-state index contributed by atoms with van der Waals surface area (Å²) in [6.45, 7) is 2.00. The molecular weight excluding hydrogens is 238 g/mol. The lowest BCUT2D eigenvalue weighted by molar-refractivity contribution is 0.418. The number of anilines is 1. The standard InChI is InChI=1S/C13H12F2N2O/c1-2-8-3-4-12(11(16)5-8)18-13-10(15)6-9(14)7-17-13/h3-7H,2,16H2,1H3. The van der Waals surface area contributed by atoms with Crippen molar-refractivity contribution in [2.24, 2.45) is 0 Å². The van der Waals surface area contributed by atoms with E-state index in [1.165, 1.54) is 0 Å². The van der Waals surface area contributed by atoms with E-state index in [9.17, 15) is 8.78 Å². The first kappa shape index (κ1) is 12.3. The molecule has 3 nitrogen and oxygen atoms in total. The molecule has 94 valence electrons. The summed E-state index contributed by atoms with van der Waals surface area (Å²) in [7, 11) is 0. The fourth-order valence-electron chi connectivity index (χ4n) is 1.49. The van der Waals surface area contributed by atoms with E-state index in [4.69, 9.17) is 10.5 Å². The number of ether oxygens (including phenoxy) is 1. The minimum atomic E-state index is -0.867. The minimum Gasteiger partial charge on any atom is -0.434 e. The van der Waals surface area contributed by atoms with Crippen LogP contribution in [0.2, 0.25) is 0 Å². The van der Waals surface area contributed by atoms with Crippen molar-refractivity contribution in [1.29, 1.82) is 0 Å². The van der Waals surface area contributed by atoms with Crippen LogP contribution in [-0.4, -0.2) is 4.98 Å². The third-order valence-electron chi connectivity index (χ3n) is 2.46. The third-order valence-corrected chi connectivity index (χ3v) is 2.46. The first-order valence-electron chi connectivity index (χ1n) is 5.47. The second-order valence-electron chi connectivity index (χ2n) is 3.77. The van der Waals surface area contributed by atoms with Crippen LogP contribution in [0.4, 0.5) is 14.5 Å². The summed E-state index contributed by atoms with van der Waals surface area (Å²) in [5.74, 6) is -1.62. The SMILES string of the molecule is CCc1ccc(Oc2ncc(F)cc2F)c(N)c1. The fraction of sp³-hybridized carbons (Fsp3) is 0.154. The highest BCUT2D eigenvalue weighted by Crippen LogP contribution is 2.28. The number of aryl methyl sites for hydroxylation is 1. The molecule has 2 rings (SSSR count). The molecule has 18 heavy (non-hydrogen) atoms. The molecule has 1 aromatic carbocycles. The number of pyridine rings is 1. The van der Waals surface area contributed by atoms with Gasteiger partial charge in [0.2, 0.25) is 0 Å². The molecule has 0 radical (unpaired) electrons. The van der Waals surface area contributed by atoms with Gasteiger partial charge in [0.1, 0.15) is 5.82 Å². The number of aromatic nitrogens is 1. The molecule has 0 aliphatic heterocycles. The lowest BCUT2D eigenvalue weighted by Crippen LogP contribution is -1.97. The zero-order valence-corrected chi connectivity index (χ0v) is 9.78. The van der Waals surface area contributed by atoms with Crippen LogP contribution in [0.3, 0.4) is 0 Å². The molecule has 0 amide bonds. The summed E-state index contributed by atoms with van der Waals surface area (Å²) < 4.78 is 31.2. The molecule has 0 bridgehead atoms. The molecule has 0 aliphatic rings. The molecule has 0 fully saturated rings. The molecule has 0 unspecified atom stereocenters. The van der Waals surface area contributed by atoms with Crippen LogP contribution in [-0.2, 0) is 6.42 Å². The van der Waals surface area contributed by atoms with E-state index in [1.54, 1.807) is 12.1 Å². The summed E-state index contributed by atoms with van der Waals surface area (Å²) in [5, 5.41) is 0. The molecular formula is C13H12F2N2O. The molecule has 0 atom stereocenters. The maximum absolute atomic E-state index is 13.3. The summed E-state index contributed by atoms with van der Waals surface area (Å²) >= 11 is 0. The number of benzene rings is 1. The van der Waals surface area contributed by atoms with Crippen molar-refractivity contribution >= 4 is 5.69 Å². The Bertz CT molecular complexity index is 573. The number of nitrogen functional groups attached to an aromatic ring is 1. The number of hydrogen-bond acceptors (Lipinski definition) is 3. The van der Waals surface area contributed by atoms with E-state index in [2.05, 4.69) is 4.98 Å². The van der Waals surface area contributed by atoms with E-state index >= 15 is 0 Å². The van der Waals surface area contributed by atoms with Crippen molar-refractivity contribution in [3.05, 3.63) is 47.7 Å². The van der Waals surface area contributed by atoms with Crippen LogP contribution >= 0.6 is 0 Å². The van der Waals surface area contributed by atoms with Gasteiger partial charge >= 0.3 is 0 Å². The second-order valence-corrected chi connectivity index (χ2v) is 3.77. The van der Waals surface area contributed by atoms with Gasteiger partial charge < -0.3 is 10.5 Å². The molecule has 0 spiro atoms. The van der Waals surface area contributed by atoms with E-state index in [0.29, 0.717) is 17.5 Å². The Morgan fingerprint density at radius 3 is 2.67 bits per heavy atom. The van der Waals surface area contributed by atoms with Gasteiger partial charge in [-0.2, -0.15) is 0 Å². The largest absolute Gasteiger partial charge is 0.434 e. The Kier molecular flexibility index (Phi) is 3.41. The normalized spacial score (nSPS) is 10.4. The fourth-order valence-corrected chi connectivity index (χ4v) is 1.49. The van der Waals surface area contributed by atoms with Gasteiger partial charge in [-0.15, -0.1) is 0 Å². The summed E-state index contributed by atoms with van der Waals surface area (Å²) in [4.78, 5) is 3.53. The summed E-state index contributed by atoms with van der Waals surface area (Å²) in [6, 6.07) is 5.92. The Hall–Kier alpha value is -2.17. The smallest absolute Gasteiger partial charge is 0.256 e. The second kappa shape index (κ2) is 5.00.